The first-order valence-corrected chi connectivity index (χ1v) is 5.35. The SMILES string of the molecule is CC1CCC(C(C=O)N=CC(=O)O)CC1. The van der Waals surface area contributed by atoms with E-state index in [0.29, 0.717) is 0 Å². The summed E-state index contributed by atoms with van der Waals surface area (Å²) in [7, 11) is 0. The number of hydrogen-bond donors (Lipinski definition) is 1. The minimum absolute atomic E-state index is 0.231. The summed E-state index contributed by atoms with van der Waals surface area (Å²) in [6.07, 6.45) is 5.76. The van der Waals surface area contributed by atoms with Gasteiger partial charge in [-0.05, 0) is 24.7 Å². The second-order valence-electron chi connectivity index (χ2n) is 4.26. The van der Waals surface area contributed by atoms with Crippen LogP contribution in [0.15, 0.2) is 4.99 Å². The fourth-order valence-electron chi connectivity index (χ4n) is 2.05. The molecule has 15 heavy (non-hydrogen) atoms. The van der Waals surface area contributed by atoms with E-state index >= 15 is 0 Å². The molecule has 0 aromatic carbocycles. The molecule has 1 aliphatic rings. The fourth-order valence-corrected chi connectivity index (χ4v) is 2.05. The van der Waals surface area contributed by atoms with Crippen LogP contribution in [0.5, 0.6) is 0 Å². The maximum atomic E-state index is 10.8. The molecule has 0 saturated heterocycles. The first kappa shape index (κ1) is 11.9. The summed E-state index contributed by atoms with van der Waals surface area (Å²) in [5.74, 6) is -0.141. The summed E-state index contributed by atoms with van der Waals surface area (Å²) in [6.45, 7) is 2.20. The lowest BCUT2D eigenvalue weighted by molar-refractivity contribution is -0.128. The predicted molar refractivity (Wildman–Crippen MR) is 57.1 cm³/mol. The molecule has 4 heteroatoms. The molecule has 4 nitrogen and oxygen atoms in total. The first-order chi connectivity index (χ1) is 7.13. The summed E-state index contributed by atoms with van der Waals surface area (Å²) in [5, 5.41) is 8.43. The van der Waals surface area contributed by atoms with E-state index in [1.54, 1.807) is 0 Å². The van der Waals surface area contributed by atoms with E-state index in [4.69, 9.17) is 5.11 Å². The van der Waals surface area contributed by atoms with E-state index in [1.807, 2.05) is 0 Å². The van der Waals surface area contributed by atoms with Gasteiger partial charge in [-0.25, -0.2) is 4.79 Å². The van der Waals surface area contributed by atoms with Crippen molar-refractivity contribution in [2.24, 2.45) is 16.8 Å². The van der Waals surface area contributed by atoms with Crippen molar-refractivity contribution in [1.82, 2.24) is 0 Å². The molecular formula is C11H17NO3. The number of nitrogens with zero attached hydrogens (tertiary/aromatic N) is 1. The standard InChI is InChI=1S/C11H17NO3/c1-8-2-4-9(5-3-8)10(7-13)12-6-11(14)15/h6-10H,2-5H2,1H3,(H,14,15). The van der Waals surface area contributed by atoms with Gasteiger partial charge < -0.3 is 9.90 Å². The highest BCUT2D eigenvalue weighted by atomic mass is 16.4. The van der Waals surface area contributed by atoms with Crippen molar-refractivity contribution in [1.29, 1.82) is 0 Å². The normalized spacial score (nSPS) is 28.9. The fraction of sp³-hybridized carbons (Fsp3) is 0.727. The van der Waals surface area contributed by atoms with E-state index in [9.17, 15) is 9.59 Å². The van der Waals surface area contributed by atoms with Crippen LogP contribution >= 0.6 is 0 Å². The number of aliphatic imine (C=N–C) groups is 1. The summed E-state index contributed by atoms with van der Waals surface area (Å²) in [6, 6.07) is -0.464. The van der Waals surface area contributed by atoms with E-state index in [1.165, 1.54) is 0 Å². The Kier molecular flexibility index (Phi) is 4.46. The molecule has 0 aromatic heterocycles. The number of carboxylic acids is 1. The van der Waals surface area contributed by atoms with Gasteiger partial charge in [0.2, 0.25) is 0 Å². The van der Waals surface area contributed by atoms with Crippen LogP contribution < -0.4 is 0 Å². The van der Waals surface area contributed by atoms with Crippen LogP contribution in [0.1, 0.15) is 32.6 Å². The number of hydrogen-bond acceptors (Lipinski definition) is 3. The predicted octanol–water partition coefficient (Wildman–Crippen LogP) is 1.54. The van der Waals surface area contributed by atoms with Crippen LogP contribution in [0, 0.1) is 11.8 Å². The van der Waals surface area contributed by atoms with Crippen LogP contribution in [0.25, 0.3) is 0 Å². The van der Waals surface area contributed by atoms with Crippen molar-refractivity contribution < 1.29 is 14.7 Å². The lowest BCUT2D eigenvalue weighted by Gasteiger charge is -2.27. The molecule has 0 radical (unpaired) electrons. The molecule has 84 valence electrons. The summed E-state index contributed by atoms with van der Waals surface area (Å²) in [4.78, 5) is 24.9. The Morgan fingerprint density at radius 1 is 1.40 bits per heavy atom. The topological polar surface area (TPSA) is 66.7 Å². The molecule has 1 fully saturated rings. The zero-order valence-electron chi connectivity index (χ0n) is 8.93. The van der Waals surface area contributed by atoms with Crippen LogP contribution in [0.2, 0.25) is 0 Å². The molecule has 0 spiro atoms. The third-order valence-electron chi connectivity index (χ3n) is 3.04. The molecule has 1 N–H and O–H groups in total. The Morgan fingerprint density at radius 2 is 2.00 bits per heavy atom. The van der Waals surface area contributed by atoms with Crippen molar-refractivity contribution in [2.75, 3.05) is 0 Å². The van der Waals surface area contributed by atoms with Gasteiger partial charge in [-0.2, -0.15) is 0 Å². The summed E-state index contributed by atoms with van der Waals surface area (Å²) < 4.78 is 0. The Hall–Kier alpha value is -1.19. The van der Waals surface area contributed by atoms with Crippen LogP contribution in [-0.2, 0) is 9.59 Å². The molecule has 0 aliphatic heterocycles. The minimum Gasteiger partial charge on any atom is -0.477 e. The Balaban J connectivity index is 2.51. The third kappa shape index (κ3) is 3.81. The van der Waals surface area contributed by atoms with Crippen LogP contribution in [0.4, 0.5) is 0 Å². The molecule has 0 aromatic rings. The molecule has 0 amide bonds. The maximum absolute atomic E-state index is 10.8. The van der Waals surface area contributed by atoms with Crippen LogP contribution in [0.3, 0.4) is 0 Å². The molecular weight excluding hydrogens is 194 g/mol. The zero-order valence-corrected chi connectivity index (χ0v) is 8.93. The van der Waals surface area contributed by atoms with E-state index < -0.39 is 12.0 Å². The lowest BCUT2D eigenvalue weighted by atomic mass is 9.80. The Bertz CT molecular complexity index is 255. The van der Waals surface area contributed by atoms with Crippen LogP contribution in [-0.4, -0.2) is 29.6 Å². The number of rotatable bonds is 4. The van der Waals surface area contributed by atoms with Gasteiger partial charge in [-0.15, -0.1) is 0 Å². The van der Waals surface area contributed by atoms with E-state index in [2.05, 4.69) is 11.9 Å². The van der Waals surface area contributed by atoms with Gasteiger partial charge in [0.1, 0.15) is 18.5 Å². The van der Waals surface area contributed by atoms with Crippen molar-refractivity contribution in [3.63, 3.8) is 0 Å². The van der Waals surface area contributed by atoms with Gasteiger partial charge >= 0.3 is 5.97 Å². The summed E-state index contributed by atoms with van der Waals surface area (Å²) >= 11 is 0. The molecule has 1 saturated carbocycles. The van der Waals surface area contributed by atoms with Crippen molar-refractivity contribution in [3.05, 3.63) is 0 Å². The van der Waals surface area contributed by atoms with E-state index in [0.717, 1.165) is 44.1 Å². The van der Waals surface area contributed by atoms with Crippen molar-refractivity contribution in [3.8, 4) is 0 Å². The molecule has 1 atom stereocenters. The molecule has 1 unspecified atom stereocenters. The van der Waals surface area contributed by atoms with Crippen molar-refractivity contribution >= 4 is 18.5 Å². The highest BCUT2D eigenvalue weighted by molar-refractivity contribution is 6.22. The molecule has 0 bridgehead atoms. The summed E-state index contributed by atoms with van der Waals surface area (Å²) in [5.41, 5.74) is 0. The highest BCUT2D eigenvalue weighted by Crippen LogP contribution is 2.30. The average Bonchev–Trinajstić information content (AvgIpc) is 2.21. The average molecular weight is 211 g/mol. The Morgan fingerprint density at radius 3 is 2.47 bits per heavy atom. The highest BCUT2D eigenvalue weighted by Gasteiger charge is 2.25. The molecule has 1 aliphatic carbocycles. The number of carbonyl (C=O) groups excluding carboxylic acids is 1. The quantitative estimate of drug-likeness (QED) is 0.566. The maximum Gasteiger partial charge on any atom is 0.346 e. The molecule has 1 rings (SSSR count). The van der Waals surface area contributed by atoms with Gasteiger partial charge in [-0.1, -0.05) is 19.8 Å². The van der Waals surface area contributed by atoms with Crippen molar-refractivity contribution in [2.45, 2.75) is 38.6 Å². The van der Waals surface area contributed by atoms with Gasteiger partial charge in [0.25, 0.3) is 0 Å². The number of carboxylic acid groups (broad SMARTS) is 1. The van der Waals surface area contributed by atoms with Gasteiger partial charge in [0.15, 0.2) is 0 Å². The second-order valence-corrected chi connectivity index (χ2v) is 4.26. The number of aliphatic carboxylic acids is 1. The first-order valence-electron chi connectivity index (χ1n) is 5.35. The van der Waals surface area contributed by atoms with E-state index in [-0.39, 0.29) is 5.92 Å². The van der Waals surface area contributed by atoms with Gasteiger partial charge in [0.05, 0.1) is 0 Å². The third-order valence-corrected chi connectivity index (χ3v) is 3.04. The zero-order chi connectivity index (χ0) is 11.3. The minimum atomic E-state index is -1.09. The molecule has 0 heterocycles. The number of carbonyl (C=O) groups is 2. The van der Waals surface area contributed by atoms with Gasteiger partial charge in [-0.3, -0.25) is 4.99 Å². The monoisotopic (exact) mass is 211 g/mol. The van der Waals surface area contributed by atoms with Gasteiger partial charge in [0, 0.05) is 0 Å². The Labute approximate surface area is 89.4 Å². The number of aldehydes is 1. The lowest BCUT2D eigenvalue weighted by Crippen LogP contribution is -2.25. The smallest absolute Gasteiger partial charge is 0.346 e. The second kappa shape index (κ2) is 5.63. The largest absolute Gasteiger partial charge is 0.477 e.